The average molecular weight is 162 g/mol. The van der Waals surface area contributed by atoms with Gasteiger partial charge in [-0.1, -0.05) is 6.08 Å². The maximum Gasteiger partial charge on any atom is 0.0347 e. The van der Waals surface area contributed by atoms with E-state index in [4.69, 9.17) is 5.73 Å². The van der Waals surface area contributed by atoms with Crippen LogP contribution in [0, 0.1) is 6.92 Å². The lowest BCUT2D eigenvalue weighted by atomic mass is 10.0. The van der Waals surface area contributed by atoms with E-state index in [1.165, 1.54) is 5.56 Å². The lowest BCUT2D eigenvalue weighted by Crippen LogP contribution is -2.10. The molecule has 0 fully saturated rings. The van der Waals surface area contributed by atoms with Crippen LogP contribution in [0.15, 0.2) is 31.1 Å². The highest BCUT2D eigenvalue weighted by molar-refractivity contribution is 5.24. The summed E-state index contributed by atoms with van der Waals surface area (Å²) >= 11 is 0. The molecule has 0 bridgehead atoms. The van der Waals surface area contributed by atoms with Crippen molar-refractivity contribution in [2.45, 2.75) is 19.4 Å². The molecule has 0 aliphatic heterocycles. The number of hydrogen-bond acceptors (Lipinski definition) is 2. The molecule has 0 aliphatic carbocycles. The van der Waals surface area contributed by atoms with Gasteiger partial charge in [-0.05, 0) is 30.5 Å². The number of nitrogens with two attached hydrogens (primary N) is 1. The van der Waals surface area contributed by atoms with Crippen LogP contribution < -0.4 is 5.73 Å². The SMILES string of the molecule is C=CC[C@H](N)c1cnccc1C. The van der Waals surface area contributed by atoms with Gasteiger partial charge in [0.25, 0.3) is 0 Å². The minimum Gasteiger partial charge on any atom is -0.324 e. The molecule has 1 aromatic rings. The monoisotopic (exact) mass is 162 g/mol. The van der Waals surface area contributed by atoms with Gasteiger partial charge in [-0.25, -0.2) is 0 Å². The van der Waals surface area contributed by atoms with Crippen molar-refractivity contribution in [3.05, 3.63) is 42.2 Å². The van der Waals surface area contributed by atoms with Gasteiger partial charge in [-0.3, -0.25) is 4.98 Å². The molecule has 1 atom stereocenters. The van der Waals surface area contributed by atoms with Crippen LogP contribution in [0.3, 0.4) is 0 Å². The van der Waals surface area contributed by atoms with Crippen molar-refractivity contribution in [1.82, 2.24) is 4.98 Å². The Balaban J connectivity index is 2.86. The van der Waals surface area contributed by atoms with E-state index in [2.05, 4.69) is 11.6 Å². The molecule has 0 spiro atoms. The molecule has 1 aromatic heterocycles. The van der Waals surface area contributed by atoms with Gasteiger partial charge >= 0.3 is 0 Å². The predicted octanol–water partition coefficient (Wildman–Crippen LogP) is 1.97. The molecule has 12 heavy (non-hydrogen) atoms. The van der Waals surface area contributed by atoms with E-state index < -0.39 is 0 Å². The molecular weight excluding hydrogens is 148 g/mol. The van der Waals surface area contributed by atoms with Gasteiger partial charge < -0.3 is 5.73 Å². The molecule has 0 saturated heterocycles. The maximum atomic E-state index is 5.90. The van der Waals surface area contributed by atoms with Gasteiger partial charge in [0.15, 0.2) is 0 Å². The van der Waals surface area contributed by atoms with Crippen LogP contribution in [-0.4, -0.2) is 4.98 Å². The lowest BCUT2D eigenvalue weighted by molar-refractivity contribution is 0.731. The normalized spacial score (nSPS) is 12.5. The van der Waals surface area contributed by atoms with Crippen LogP contribution in [0.5, 0.6) is 0 Å². The summed E-state index contributed by atoms with van der Waals surface area (Å²) in [6, 6.07) is 2.01. The average Bonchev–Trinajstić information content (AvgIpc) is 2.05. The number of aryl methyl sites for hydroxylation is 1. The zero-order valence-corrected chi connectivity index (χ0v) is 7.33. The van der Waals surface area contributed by atoms with E-state index in [0.717, 1.165) is 12.0 Å². The summed E-state index contributed by atoms with van der Waals surface area (Å²) in [6.45, 7) is 5.70. The molecule has 0 amide bonds. The Hall–Kier alpha value is -1.15. The Morgan fingerprint density at radius 2 is 2.50 bits per heavy atom. The third-order valence-corrected chi connectivity index (χ3v) is 1.90. The molecule has 0 saturated carbocycles. The third kappa shape index (κ3) is 1.92. The molecule has 0 aliphatic rings. The summed E-state index contributed by atoms with van der Waals surface area (Å²) in [7, 11) is 0. The van der Waals surface area contributed by atoms with Crippen molar-refractivity contribution < 1.29 is 0 Å². The summed E-state index contributed by atoms with van der Waals surface area (Å²) in [5.74, 6) is 0. The fraction of sp³-hybridized carbons (Fsp3) is 0.300. The van der Waals surface area contributed by atoms with Crippen LogP contribution >= 0.6 is 0 Å². The highest BCUT2D eigenvalue weighted by Gasteiger charge is 2.05. The third-order valence-electron chi connectivity index (χ3n) is 1.90. The zero-order valence-electron chi connectivity index (χ0n) is 7.33. The molecule has 2 N–H and O–H groups in total. The van der Waals surface area contributed by atoms with Crippen LogP contribution in [-0.2, 0) is 0 Å². The largest absolute Gasteiger partial charge is 0.324 e. The Bertz CT molecular complexity index is 268. The van der Waals surface area contributed by atoms with E-state index in [1.54, 1.807) is 6.20 Å². The number of aromatic nitrogens is 1. The quantitative estimate of drug-likeness (QED) is 0.690. The summed E-state index contributed by atoms with van der Waals surface area (Å²) in [5, 5.41) is 0. The van der Waals surface area contributed by atoms with Gasteiger partial charge in [0.2, 0.25) is 0 Å². The van der Waals surface area contributed by atoms with Gasteiger partial charge in [-0.15, -0.1) is 6.58 Å². The smallest absolute Gasteiger partial charge is 0.0347 e. The van der Waals surface area contributed by atoms with E-state index in [9.17, 15) is 0 Å². The molecule has 1 rings (SSSR count). The van der Waals surface area contributed by atoms with Crippen molar-refractivity contribution >= 4 is 0 Å². The Kier molecular flexibility index (Phi) is 3.00. The second-order valence-corrected chi connectivity index (χ2v) is 2.86. The van der Waals surface area contributed by atoms with E-state index >= 15 is 0 Å². The summed E-state index contributed by atoms with van der Waals surface area (Å²) in [6.07, 6.45) is 6.23. The number of nitrogens with zero attached hydrogens (tertiary/aromatic N) is 1. The fourth-order valence-electron chi connectivity index (χ4n) is 1.17. The van der Waals surface area contributed by atoms with Crippen LogP contribution in [0.4, 0.5) is 0 Å². The Morgan fingerprint density at radius 1 is 1.75 bits per heavy atom. The molecule has 0 aromatic carbocycles. The summed E-state index contributed by atoms with van der Waals surface area (Å²) in [5.41, 5.74) is 8.20. The zero-order chi connectivity index (χ0) is 8.97. The molecular formula is C10H14N2. The number of pyridine rings is 1. The second kappa shape index (κ2) is 4.02. The molecule has 64 valence electrons. The Morgan fingerprint density at radius 3 is 3.08 bits per heavy atom. The second-order valence-electron chi connectivity index (χ2n) is 2.86. The maximum absolute atomic E-state index is 5.90. The highest BCUT2D eigenvalue weighted by atomic mass is 14.7. The van der Waals surface area contributed by atoms with Crippen molar-refractivity contribution in [3.63, 3.8) is 0 Å². The van der Waals surface area contributed by atoms with E-state index in [0.29, 0.717) is 0 Å². The number of rotatable bonds is 3. The van der Waals surface area contributed by atoms with Gasteiger partial charge in [-0.2, -0.15) is 0 Å². The van der Waals surface area contributed by atoms with Crippen molar-refractivity contribution in [1.29, 1.82) is 0 Å². The molecule has 0 unspecified atom stereocenters. The first-order chi connectivity index (χ1) is 5.75. The van der Waals surface area contributed by atoms with Crippen molar-refractivity contribution in [2.75, 3.05) is 0 Å². The minimum atomic E-state index is 0.0381. The highest BCUT2D eigenvalue weighted by Crippen LogP contribution is 2.16. The first kappa shape index (κ1) is 8.94. The van der Waals surface area contributed by atoms with Gasteiger partial charge in [0.1, 0.15) is 0 Å². The molecule has 0 radical (unpaired) electrons. The first-order valence-corrected chi connectivity index (χ1v) is 4.02. The standard InChI is InChI=1S/C10H14N2/c1-3-4-10(11)9-7-12-6-5-8(9)2/h3,5-7,10H,1,4,11H2,2H3/t10-/m0/s1. The molecule has 1 heterocycles. The van der Waals surface area contributed by atoms with Crippen LogP contribution in [0.2, 0.25) is 0 Å². The number of hydrogen-bond donors (Lipinski definition) is 1. The van der Waals surface area contributed by atoms with Crippen LogP contribution in [0.1, 0.15) is 23.6 Å². The molecule has 2 nitrogen and oxygen atoms in total. The fourth-order valence-corrected chi connectivity index (χ4v) is 1.17. The summed E-state index contributed by atoms with van der Waals surface area (Å²) in [4.78, 5) is 4.03. The predicted molar refractivity (Wildman–Crippen MR) is 50.7 cm³/mol. The van der Waals surface area contributed by atoms with E-state index in [-0.39, 0.29) is 6.04 Å². The van der Waals surface area contributed by atoms with Crippen molar-refractivity contribution in [2.24, 2.45) is 5.73 Å². The summed E-state index contributed by atoms with van der Waals surface area (Å²) < 4.78 is 0. The minimum absolute atomic E-state index is 0.0381. The van der Waals surface area contributed by atoms with Crippen molar-refractivity contribution in [3.8, 4) is 0 Å². The molecule has 2 heteroatoms. The lowest BCUT2D eigenvalue weighted by Gasteiger charge is -2.11. The van der Waals surface area contributed by atoms with E-state index in [1.807, 2.05) is 25.3 Å². The Labute approximate surface area is 73.1 Å². The van der Waals surface area contributed by atoms with Gasteiger partial charge in [0.05, 0.1) is 0 Å². The topological polar surface area (TPSA) is 38.9 Å². The van der Waals surface area contributed by atoms with Crippen LogP contribution in [0.25, 0.3) is 0 Å². The first-order valence-electron chi connectivity index (χ1n) is 4.02. The van der Waals surface area contributed by atoms with Gasteiger partial charge in [0, 0.05) is 18.4 Å².